The van der Waals surface area contributed by atoms with Gasteiger partial charge in [0, 0.05) is 17.9 Å². The van der Waals surface area contributed by atoms with Crippen molar-refractivity contribution < 1.29 is 37.8 Å². The summed E-state index contributed by atoms with van der Waals surface area (Å²) in [5.41, 5.74) is -0.449. The van der Waals surface area contributed by atoms with Crippen LogP contribution in [0, 0.1) is 13.8 Å². The molecule has 14 heteroatoms. The number of aliphatic hydroxyl groups excluding tert-OH is 1. The van der Waals surface area contributed by atoms with Gasteiger partial charge in [0.15, 0.2) is 5.82 Å². The molecule has 1 aromatic carbocycles. The first-order valence-electron chi connectivity index (χ1n) is 10.9. The average molecular weight is 495 g/mol. The highest BCUT2D eigenvalue weighted by atomic mass is 19.4. The smallest absolute Gasteiger partial charge is 0.423 e. The van der Waals surface area contributed by atoms with E-state index in [1.165, 1.54) is 36.1 Å². The van der Waals surface area contributed by atoms with E-state index in [1.807, 2.05) is 0 Å². The fourth-order valence-electron chi connectivity index (χ4n) is 3.78. The highest BCUT2D eigenvalue weighted by Gasteiger charge is 2.39. The molecule has 0 radical (unpaired) electrons. The van der Waals surface area contributed by atoms with Gasteiger partial charge in [-0.1, -0.05) is 6.07 Å². The van der Waals surface area contributed by atoms with E-state index in [0.29, 0.717) is 5.56 Å². The average Bonchev–Trinajstić information content (AvgIpc) is 3.38. The zero-order valence-electron chi connectivity index (χ0n) is 19.2. The molecule has 0 aliphatic carbocycles. The van der Waals surface area contributed by atoms with Crippen molar-refractivity contribution in [3.05, 3.63) is 53.4 Å². The Morgan fingerprint density at radius 3 is 2.60 bits per heavy atom. The molecule has 1 fully saturated rings. The third-order valence-electron chi connectivity index (χ3n) is 5.72. The van der Waals surface area contributed by atoms with Gasteiger partial charge >= 0.3 is 13.3 Å². The first-order valence-corrected chi connectivity index (χ1v) is 10.9. The van der Waals surface area contributed by atoms with E-state index in [1.54, 1.807) is 13.8 Å². The van der Waals surface area contributed by atoms with Crippen LogP contribution in [0.2, 0.25) is 0 Å². The Kier molecular flexibility index (Phi) is 7.02. The van der Waals surface area contributed by atoms with Crippen LogP contribution in [0.5, 0.6) is 0 Å². The van der Waals surface area contributed by atoms with Gasteiger partial charge in [-0.15, -0.1) is 0 Å². The van der Waals surface area contributed by atoms with Crippen LogP contribution >= 0.6 is 0 Å². The van der Waals surface area contributed by atoms with Crippen LogP contribution < -0.4 is 5.46 Å². The fourth-order valence-corrected chi connectivity index (χ4v) is 3.78. The molecule has 1 aliphatic heterocycles. The Labute approximate surface area is 199 Å². The lowest BCUT2D eigenvalue weighted by Crippen LogP contribution is -2.47. The van der Waals surface area contributed by atoms with E-state index < -0.39 is 37.2 Å². The van der Waals surface area contributed by atoms with Gasteiger partial charge in [0.2, 0.25) is 0 Å². The number of nitrogens with zero attached hydrogens (tertiary/aromatic N) is 5. The summed E-state index contributed by atoms with van der Waals surface area (Å²) in [7, 11) is -1.74. The van der Waals surface area contributed by atoms with Crippen molar-refractivity contribution in [2.24, 2.45) is 0 Å². The molecule has 4 atom stereocenters. The molecule has 0 spiro atoms. The zero-order chi connectivity index (χ0) is 25.5. The maximum Gasteiger partial charge on any atom is 0.491 e. The van der Waals surface area contributed by atoms with Gasteiger partial charge in [-0.25, -0.2) is 9.67 Å². The minimum absolute atomic E-state index is 0.0141. The molecule has 3 aromatic rings. The van der Waals surface area contributed by atoms with E-state index >= 15 is 0 Å². The van der Waals surface area contributed by atoms with Crippen LogP contribution in [0.15, 0.2) is 30.6 Å². The maximum atomic E-state index is 13.8. The molecule has 1 saturated heterocycles. The van der Waals surface area contributed by atoms with Gasteiger partial charge in [-0.2, -0.15) is 23.4 Å². The second-order valence-electron chi connectivity index (χ2n) is 8.52. The Balaban J connectivity index is 1.75. The van der Waals surface area contributed by atoms with Crippen LogP contribution in [0.3, 0.4) is 0 Å². The minimum atomic E-state index is -4.65. The molecule has 10 nitrogen and oxygen atoms in total. The quantitative estimate of drug-likeness (QED) is 0.390. The summed E-state index contributed by atoms with van der Waals surface area (Å²) >= 11 is 0. The molecule has 0 amide bonds. The summed E-state index contributed by atoms with van der Waals surface area (Å²) in [4.78, 5) is 4.32. The van der Waals surface area contributed by atoms with Crippen molar-refractivity contribution in [1.82, 2.24) is 24.5 Å². The Bertz CT molecular complexity index is 1180. The first-order chi connectivity index (χ1) is 16.4. The van der Waals surface area contributed by atoms with Crippen LogP contribution in [0.4, 0.5) is 13.2 Å². The van der Waals surface area contributed by atoms with Crippen molar-refractivity contribution in [2.75, 3.05) is 6.61 Å². The molecule has 1 aliphatic rings. The predicted molar refractivity (Wildman–Crippen MR) is 117 cm³/mol. The summed E-state index contributed by atoms with van der Waals surface area (Å²) in [6, 6.07) is 3.68. The van der Waals surface area contributed by atoms with Crippen molar-refractivity contribution in [2.45, 2.75) is 57.9 Å². The number of aromatic nitrogens is 5. The number of aliphatic hydroxyl groups is 1. The molecular formula is C21H25BF3N5O5. The van der Waals surface area contributed by atoms with Gasteiger partial charge in [0.25, 0.3) is 0 Å². The van der Waals surface area contributed by atoms with E-state index in [-0.39, 0.29) is 42.1 Å². The molecule has 3 N–H and O–H groups in total. The van der Waals surface area contributed by atoms with E-state index in [4.69, 9.17) is 9.47 Å². The predicted octanol–water partition coefficient (Wildman–Crippen LogP) is 0.685. The number of halogens is 3. The molecule has 188 valence electrons. The molecule has 35 heavy (non-hydrogen) atoms. The summed E-state index contributed by atoms with van der Waals surface area (Å²) in [6.45, 7) is 5.06. The maximum absolute atomic E-state index is 13.8. The largest absolute Gasteiger partial charge is 0.491 e. The molecule has 0 bridgehead atoms. The third-order valence-corrected chi connectivity index (χ3v) is 5.72. The van der Waals surface area contributed by atoms with Crippen molar-refractivity contribution in [3.8, 4) is 5.69 Å². The topological polar surface area (TPSA) is 128 Å². The number of rotatable bonds is 8. The number of aryl methyl sites for hydroxylation is 2. The Hall–Kier alpha value is -2.78. The van der Waals surface area contributed by atoms with Gasteiger partial charge in [-0.05, 0) is 38.5 Å². The summed E-state index contributed by atoms with van der Waals surface area (Å²) in [5, 5.41) is 37.9. The Morgan fingerprint density at radius 2 is 2.03 bits per heavy atom. The fraction of sp³-hybridized carbons (Fsp3) is 0.476. The van der Waals surface area contributed by atoms with Crippen molar-refractivity contribution >= 4 is 12.6 Å². The SMILES string of the molecule is Cc1ccc(C(F)(F)F)c(-n2nc(C)nc2C(OC2COC2C)C(O)Cn2cc(B(O)O)cn2)c1. The summed E-state index contributed by atoms with van der Waals surface area (Å²) in [6.07, 6.45) is -5.32. The molecule has 4 rings (SSSR count). The first kappa shape index (κ1) is 25.3. The summed E-state index contributed by atoms with van der Waals surface area (Å²) in [5.74, 6) is 0.179. The molecule has 2 aromatic heterocycles. The minimum Gasteiger partial charge on any atom is -0.423 e. The van der Waals surface area contributed by atoms with Gasteiger partial charge in [-0.3, -0.25) is 4.68 Å². The van der Waals surface area contributed by atoms with Crippen LogP contribution in [-0.2, 0) is 22.2 Å². The lowest BCUT2D eigenvalue weighted by molar-refractivity contribution is -0.218. The van der Waals surface area contributed by atoms with E-state index in [9.17, 15) is 28.3 Å². The summed E-state index contributed by atoms with van der Waals surface area (Å²) < 4.78 is 55.2. The highest BCUT2D eigenvalue weighted by Crippen LogP contribution is 2.36. The number of ether oxygens (including phenoxy) is 2. The van der Waals surface area contributed by atoms with Crippen molar-refractivity contribution in [1.29, 1.82) is 0 Å². The number of alkyl halides is 3. The molecule has 0 saturated carbocycles. The molecular weight excluding hydrogens is 470 g/mol. The van der Waals surface area contributed by atoms with E-state index in [0.717, 1.165) is 10.7 Å². The van der Waals surface area contributed by atoms with E-state index in [2.05, 4.69) is 15.2 Å². The molecule has 4 unspecified atom stereocenters. The van der Waals surface area contributed by atoms with Crippen molar-refractivity contribution in [3.63, 3.8) is 0 Å². The van der Waals surface area contributed by atoms with Gasteiger partial charge < -0.3 is 24.6 Å². The monoisotopic (exact) mass is 495 g/mol. The van der Waals surface area contributed by atoms with Gasteiger partial charge in [0.1, 0.15) is 24.1 Å². The highest BCUT2D eigenvalue weighted by molar-refractivity contribution is 6.58. The van der Waals surface area contributed by atoms with Crippen LogP contribution in [0.25, 0.3) is 5.69 Å². The lowest BCUT2D eigenvalue weighted by atomic mass is 9.83. The lowest BCUT2D eigenvalue weighted by Gasteiger charge is -2.37. The second kappa shape index (κ2) is 9.70. The normalized spacial score (nSPS) is 19.9. The third kappa shape index (κ3) is 5.41. The second-order valence-corrected chi connectivity index (χ2v) is 8.52. The van der Waals surface area contributed by atoms with Crippen LogP contribution in [0.1, 0.15) is 35.8 Å². The molecule has 3 heterocycles. The number of benzene rings is 1. The number of hydrogen-bond acceptors (Lipinski definition) is 8. The zero-order valence-corrected chi connectivity index (χ0v) is 19.2. The van der Waals surface area contributed by atoms with Crippen LogP contribution in [-0.4, -0.2) is 71.7 Å². The van der Waals surface area contributed by atoms with Gasteiger partial charge in [0.05, 0.1) is 30.5 Å². The Morgan fingerprint density at radius 1 is 1.29 bits per heavy atom. The standard InChI is InChI=1S/C21H25BF3N5O5/c1-11-4-5-15(21(23,24)25)16(6-11)30-20(27-13(3)28-30)19(35-18-10-34-12(18)2)17(31)9-29-8-14(7-26-29)22(32)33/h4-8,12,17-19,31-33H,9-10H2,1-3H3. The number of hydrogen-bond donors (Lipinski definition) is 3.